The Kier molecular flexibility index (Phi) is 3.29. The van der Waals surface area contributed by atoms with E-state index in [9.17, 15) is 0 Å². The van der Waals surface area contributed by atoms with Crippen molar-refractivity contribution >= 4 is 5.69 Å². The van der Waals surface area contributed by atoms with Crippen LogP contribution in [0.15, 0.2) is 30.3 Å². The molecule has 8 heavy (non-hydrogen) atoms. The van der Waals surface area contributed by atoms with Gasteiger partial charge in [-0.05, 0) is 0 Å². The van der Waals surface area contributed by atoms with E-state index in [1.807, 2.05) is 18.2 Å². The van der Waals surface area contributed by atoms with Crippen molar-refractivity contribution in [2.75, 3.05) is 0 Å². The molecule has 1 aromatic carbocycles. The van der Waals surface area contributed by atoms with E-state index in [2.05, 4.69) is 0 Å². The molecule has 0 fully saturated rings. The monoisotopic (exact) mass is 150 g/mol. The van der Waals surface area contributed by atoms with E-state index in [4.69, 9.17) is 5.73 Å². The normalized spacial score (nSPS) is 7.50. The Morgan fingerprint density at radius 2 is 1.50 bits per heavy atom. The Morgan fingerprint density at radius 1 is 1.00 bits per heavy atom. The SMILES string of the molecule is [NH-]c1ccccc1.[Ni]. The van der Waals surface area contributed by atoms with E-state index in [1.165, 1.54) is 0 Å². The largest absolute Gasteiger partial charge is 0.699 e. The number of nitrogens with one attached hydrogen (secondary N) is 1. The number of benzene rings is 1. The number of rotatable bonds is 0. The van der Waals surface area contributed by atoms with Crippen molar-refractivity contribution in [3.05, 3.63) is 36.1 Å². The Labute approximate surface area is 58.8 Å². The molecular formula is C6H6NNi-. The van der Waals surface area contributed by atoms with Crippen LogP contribution < -0.4 is 0 Å². The fourth-order valence-electron chi connectivity index (χ4n) is 0.438. The minimum absolute atomic E-state index is 0. The van der Waals surface area contributed by atoms with E-state index in [-0.39, 0.29) is 16.5 Å². The van der Waals surface area contributed by atoms with Crippen LogP contribution in [0.4, 0.5) is 5.69 Å². The van der Waals surface area contributed by atoms with Gasteiger partial charge in [-0.25, -0.2) is 0 Å². The predicted molar refractivity (Wildman–Crippen MR) is 30.4 cm³/mol. The molecule has 0 saturated carbocycles. The van der Waals surface area contributed by atoms with E-state index < -0.39 is 0 Å². The van der Waals surface area contributed by atoms with Crippen LogP contribution in [-0.4, -0.2) is 0 Å². The molecule has 2 heteroatoms. The maximum atomic E-state index is 7.00. The zero-order chi connectivity index (χ0) is 5.11. The van der Waals surface area contributed by atoms with Gasteiger partial charge < -0.3 is 5.73 Å². The summed E-state index contributed by atoms with van der Waals surface area (Å²) in [4.78, 5) is 0. The molecule has 0 bridgehead atoms. The molecule has 0 radical (unpaired) electrons. The summed E-state index contributed by atoms with van der Waals surface area (Å²) in [7, 11) is 0. The van der Waals surface area contributed by atoms with Crippen LogP contribution in [0.1, 0.15) is 0 Å². The Bertz CT molecular complexity index is 138. The molecule has 0 spiro atoms. The first-order valence-corrected chi connectivity index (χ1v) is 2.16. The van der Waals surface area contributed by atoms with Crippen LogP contribution in [0.2, 0.25) is 0 Å². The van der Waals surface area contributed by atoms with E-state index >= 15 is 0 Å². The van der Waals surface area contributed by atoms with E-state index in [0.717, 1.165) is 0 Å². The molecule has 0 amide bonds. The minimum Gasteiger partial charge on any atom is -0.699 e. The van der Waals surface area contributed by atoms with E-state index in [0.29, 0.717) is 5.69 Å². The standard InChI is InChI=1S/C6H6N.Ni/c7-6-4-2-1-3-5-6;/h1-5,7H;/q-1;. The smallest absolute Gasteiger partial charge is 0 e. The van der Waals surface area contributed by atoms with Crippen molar-refractivity contribution in [2.45, 2.75) is 0 Å². The number of hydrogen-bond acceptors (Lipinski definition) is 0. The van der Waals surface area contributed by atoms with Gasteiger partial charge in [0.2, 0.25) is 0 Å². The van der Waals surface area contributed by atoms with Crippen LogP contribution >= 0.6 is 0 Å². The first-order chi connectivity index (χ1) is 3.39. The second-order valence-corrected chi connectivity index (χ2v) is 1.37. The quantitative estimate of drug-likeness (QED) is 0.508. The van der Waals surface area contributed by atoms with Crippen molar-refractivity contribution in [1.82, 2.24) is 0 Å². The third kappa shape index (κ3) is 1.99. The van der Waals surface area contributed by atoms with Crippen LogP contribution in [0.3, 0.4) is 0 Å². The molecule has 1 N–H and O–H groups in total. The van der Waals surface area contributed by atoms with Crippen molar-refractivity contribution in [3.8, 4) is 0 Å². The zero-order valence-corrected chi connectivity index (χ0v) is 5.19. The second kappa shape index (κ2) is 3.51. The second-order valence-electron chi connectivity index (χ2n) is 1.37. The fraction of sp³-hybridized carbons (Fsp3) is 0. The number of hydrogen-bond donors (Lipinski definition) is 0. The molecule has 0 aliphatic heterocycles. The molecule has 0 atom stereocenters. The van der Waals surface area contributed by atoms with E-state index in [1.54, 1.807) is 12.1 Å². The summed E-state index contributed by atoms with van der Waals surface area (Å²) in [6.07, 6.45) is 0. The van der Waals surface area contributed by atoms with Crippen LogP contribution in [0.25, 0.3) is 5.73 Å². The summed E-state index contributed by atoms with van der Waals surface area (Å²) in [6, 6.07) is 9.10. The third-order valence-electron chi connectivity index (χ3n) is 0.774. The molecule has 0 aromatic heterocycles. The molecule has 1 rings (SSSR count). The predicted octanol–water partition coefficient (Wildman–Crippen LogP) is 2.37. The average Bonchev–Trinajstić information content (AvgIpc) is 1.69. The van der Waals surface area contributed by atoms with Crippen molar-refractivity contribution < 1.29 is 16.5 Å². The molecule has 0 unspecified atom stereocenters. The average molecular weight is 151 g/mol. The molecule has 0 heterocycles. The molecule has 0 aliphatic rings. The van der Waals surface area contributed by atoms with Crippen LogP contribution in [0, 0.1) is 0 Å². The summed E-state index contributed by atoms with van der Waals surface area (Å²) in [6.45, 7) is 0. The molecule has 1 aromatic rings. The first kappa shape index (κ1) is 7.51. The van der Waals surface area contributed by atoms with Crippen molar-refractivity contribution in [1.29, 1.82) is 0 Å². The summed E-state index contributed by atoms with van der Waals surface area (Å²) in [5.41, 5.74) is 7.57. The Balaban J connectivity index is 0.000000490. The molecule has 0 saturated heterocycles. The van der Waals surface area contributed by atoms with Crippen molar-refractivity contribution in [2.24, 2.45) is 0 Å². The van der Waals surface area contributed by atoms with Crippen LogP contribution in [0.5, 0.6) is 0 Å². The molecule has 0 aliphatic carbocycles. The Morgan fingerprint density at radius 3 is 1.75 bits per heavy atom. The third-order valence-corrected chi connectivity index (χ3v) is 0.774. The van der Waals surface area contributed by atoms with Crippen molar-refractivity contribution in [3.63, 3.8) is 0 Å². The van der Waals surface area contributed by atoms with Gasteiger partial charge >= 0.3 is 0 Å². The van der Waals surface area contributed by atoms with Gasteiger partial charge in [-0.2, -0.15) is 0 Å². The molecule has 46 valence electrons. The summed E-state index contributed by atoms with van der Waals surface area (Å²) in [5.74, 6) is 0. The van der Waals surface area contributed by atoms with Gasteiger partial charge in [-0.1, -0.05) is 30.3 Å². The van der Waals surface area contributed by atoms with Gasteiger partial charge in [0, 0.05) is 16.5 Å². The van der Waals surface area contributed by atoms with Gasteiger partial charge in [-0.15, -0.1) is 5.69 Å². The van der Waals surface area contributed by atoms with Gasteiger partial charge in [0.1, 0.15) is 0 Å². The minimum atomic E-state index is 0. The van der Waals surface area contributed by atoms with Gasteiger partial charge in [0.05, 0.1) is 0 Å². The topological polar surface area (TPSA) is 23.8 Å². The molecular weight excluding hydrogens is 145 g/mol. The van der Waals surface area contributed by atoms with Gasteiger partial charge in [-0.3, -0.25) is 0 Å². The molecule has 1 nitrogen and oxygen atoms in total. The maximum Gasteiger partial charge on any atom is 0 e. The fourth-order valence-corrected chi connectivity index (χ4v) is 0.438. The summed E-state index contributed by atoms with van der Waals surface area (Å²) in [5, 5.41) is 0. The summed E-state index contributed by atoms with van der Waals surface area (Å²) >= 11 is 0. The van der Waals surface area contributed by atoms with Crippen LogP contribution in [-0.2, 0) is 16.5 Å². The zero-order valence-electron chi connectivity index (χ0n) is 4.20. The first-order valence-electron chi connectivity index (χ1n) is 2.16. The Hall–Kier alpha value is -0.486. The maximum absolute atomic E-state index is 7.00. The van der Waals surface area contributed by atoms with Gasteiger partial charge in [0.15, 0.2) is 0 Å². The summed E-state index contributed by atoms with van der Waals surface area (Å²) < 4.78 is 0. The van der Waals surface area contributed by atoms with Gasteiger partial charge in [0.25, 0.3) is 0 Å².